The summed E-state index contributed by atoms with van der Waals surface area (Å²) in [6.45, 7) is 8.28. The van der Waals surface area contributed by atoms with Gasteiger partial charge in [-0.1, -0.05) is 20.8 Å². The fourth-order valence-electron chi connectivity index (χ4n) is 5.04. The monoisotopic (exact) mass is 532 g/mol. The normalized spacial score (nSPS) is 14.0. The third kappa shape index (κ3) is 4.92. The molecule has 0 spiro atoms. The van der Waals surface area contributed by atoms with Crippen LogP contribution >= 0.6 is 0 Å². The maximum atomic E-state index is 12.9. The second-order valence-corrected chi connectivity index (χ2v) is 10.5. The largest absolute Gasteiger partial charge is 0.495 e. The minimum absolute atomic E-state index is 0.0837. The number of morpholine rings is 1. The molecule has 1 saturated heterocycles. The van der Waals surface area contributed by atoms with Gasteiger partial charge in [0.1, 0.15) is 11.6 Å². The average Bonchev–Trinajstić information content (AvgIpc) is 3.49. The molecule has 11 nitrogen and oxygen atoms in total. The Morgan fingerprint density at radius 1 is 1.13 bits per heavy atom. The van der Waals surface area contributed by atoms with Crippen LogP contribution in [-0.4, -0.2) is 74.8 Å². The fraction of sp³-hybridized carbons (Fsp3) is 0.357. The number of aromatic nitrogens is 4. The number of amides is 1. The molecule has 39 heavy (non-hydrogen) atoms. The molecular weight excluding hydrogens is 500 g/mol. The zero-order valence-corrected chi connectivity index (χ0v) is 22.7. The van der Waals surface area contributed by atoms with E-state index in [4.69, 9.17) is 9.47 Å². The van der Waals surface area contributed by atoms with E-state index < -0.39 is 6.09 Å². The number of fused-ring (bicyclic) bond motifs is 1. The number of aryl methyl sites for hydroxylation is 1. The number of benzene rings is 1. The van der Waals surface area contributed by atoms with Crippen LogP contribution in [0.1, 0.15) is 36.7 Å². The Bertz CT molecular complexity index is 1560. The second-order valence-electron chi connectivity index (χ2n) is 10.5. The SMILES string of the molecule is COc1cc(C(=O)N2CCOCC2)ccc1Nc1cc2c(cn1)c(C(C)(C)C)c(-c1cnn(C)c1)n2C(=O)O. The number of carbonyl (C=O) groups is 2. The smallest absolute Gasteiger partial charge is 0.416 e. The van der Waals surface area contributed by atoms with Crippen LogP contribution < -0.4 is 10.1 Å². The number of carboxylic acid groups (broad SMARTS) is 1. The number of carbonyl (C=O) groups excluding carboxylic acids is 1. The summed E-state index contributed by atoms with van der Waals surface area (Å²) >= 11 is 0. The Morgan fingerprint density at radius 3 is 2.49 bits per heavy atom. The van der Waals surface area contributed by atoms with Crippen LogP contribution in [0.4, 0.5) is 16.3 Å². The van der Waals surface area contributed by atoms with Crippen molar-refractivity contribution in [3.63, 3.8) is 0 Å². The van der Waals surface area contributed by atoms with Gasteiger partial charge in [-0.25, -0.2) is 14.3 Å². The van der Waals surface area contributed by atoms with Crippen LogP contribution in [-0.2, 0) is 17.2 Å². The van der Waals surface area contributed by atoms with E-state index in [0.717, 1.165) is 10.9 Å². The van der Waals surface area contributed by atoms with Crippen molar-refractivity contribution in [2.24, 2.45) is 7.05 Å². The highest BCUT2D eigenvalue weighted by Gasteiger charge is 2.30. The van der Waals surface area contributed by atoms with Gasteiger partial charge in [0.2, 0.25) is 0 Å². The molecule has 1 amide bonds. The van der Waals surface area contributed by atoms with Crippen molar-refractivity contribution in [3.05, 3.63) is 54.0 Å². The highest BCUT2D eigenvalue weighted by molar-refractivity contribution is 6.00. The third-order valence-electron chi connectivity index (χ3n) is 6.78. The van der Waals surface area contributed by atoms with E-state index in [1.54, 1.807) is 59.5 Å². The number of nitrogens with one attached hydrogen (secondary N) is 1. The van der Waals surface area contributed by atoms with Crippen molar-refractivity contribution in [2.45, 2.75) is 26.2 Å². The first-order valence-corrected chi connectivity index (χ1v) is 12.7. The predicted octanol–water partition coefficient (Wildman–Crippen LogP) is 4.49. The molecule has 0 aliphatic carbocycles. The Hall–Kier alpha value is -4.38. The van der Waals surface area contributed by atoms with Crippen molar-refractivity contribution in [2.75, 3.05) is 38.7 Å². The molecule has 204 valence electrons. The number of ether oxygens (including phenoxy) is 2. The first-order chi connectivity index (χ1) is 18.6. The van der Waals surface area contributed by atoms with Gasteiger partial charge in [-0.05, 0) is 29.2 Å². The Morgan fingerprint density at radius 2 is 1.87 bits per heavy atom. The van der Waals surface area contributed by atoms with Crippen LogP contribution in [0.15, 0.2) is 42.9 Å². The Balaban J connectivity index is 1.56. The molecule has 3 aromatic heterocycles. The molecule has 1 aromatic carbocycles. The first kappa shape index (κ1) is 26.2. The van der Waals surface area contributed by atoms with Crippen molar-refractivity contribution in [1.82, 2.24) is 24.2 Å². The van der Waals surface area contributed by atoms with Crippen molar-refractivity contribution in [3.8, 4) is 17.0 Å². The summed E-state index contributed by atoms with van der Waals surface area (Å²) in [6.07, 6.45) is 4.07. The molecule has 0 bridgehead atoms. The van der Waals surface area contributed by atoms with E-state index in [1.807, 2.05) is 20.8 Å². The topological polar surface area (TPSA) is 124 Å². The molecule has 0 saturated carbocycles. The van der Waals surface area contributed by atoms with Gasteiger partial charge in [0.05, 0.1) is 43.4 Å². The quantitative estimate of drug-likeness (QED) is 0.386. The molecule has 11 heteroatoms. The maximum Gasteiger partial charge on any atom is 0.416 e. The van der Waals surface area contributed by atoms with Gasteiger partial charge in [0.25, 0.3) is 5.91 Å². The van der Waals surface area contributed by atoms with Gasteiger partial charge in [0.15, 0.2) is 0 Å². The van der Waals surface area contributed by atoms with Gasteiger partial charge in [0, 0.05) is 55.1 Å². The van der Waals surface area contributed by atoms with E-state index in [0.29, 0.717) is 65.9 Å². The van der Waals surface area contributed by atoms with E-state index in [1.165, 1.54) is 11.7 Å². The molecular formula is C28H32N6O5. The van der Waals surface area contributed by atoms with Crippen molar-refractivity contribution < 1.29 is 24.2 Å². The zero-order chi connectivity index (χ0) is 27.9. The fourth-order valence-corrected chi connectivity index (χ4v) is 5.04. The number of pyridine rings is 1. The summed E-state index contributed by atoms with van der Waals surface area (Å²) < 4.78 is 13.9. The number of hydrogen-bond donors (Lipinski definition) is 2. The molecule has 1 aliphatic heterocycles. The summed E-state index contributed by atoms with van der Waals surface area (Å²) in [7, 11) is 3.33. The lowest BCUT2D eigenvalue weighted by atomic mass is 9.84. The van der Waals surface area contributed by atoms with Crippen molar-refractivity contribution in [1.29, 1.82) is 0 Å². The molecule has 4 heterocycles. The van der Waals surface area contributed by atoms with E-state index in [9.17, 15) is 14.7 Å². The lowest BCUT2D eigenvalue weighted by molar-refractivity contribution is 0.0302. The standard InChI is InChI=1S/C28H32N6O5/c1-28(2,3)24-19-15-29-23(13-21(19)34(27(36)37)25(24)18-14-30-32(4)16-18)31-20-7-6-17(12-22(20)38-5)26(35)33-8-10-39-11-9-33/h6-7,12-16H,8-11H2,1-5H3,(H,29,31)(H,36,37). The van der Waals surface area contributed by atoms with E-state index in [2.05, 4.69) is 15.4 Å². The summed E-state index contributed by atoms with van der Waals surface area (Å²) in [5, 5.41) is 18.5. The van der Waals surface area contributed by atoms with Crippen LogP contribution in [0.25, 0.3) is 22.2 Å². The minimum Gasteiger partial charge on any atom is -0.495 e. The second kappa shape index (κ2) is 10.1. The average molecular weight is 533 g/mol. The first-order valence-electron chi connectivity index (χ1n) is 12.7. The van der Waals surface area contributed by atoms with Crippen LogP contribution in [0.3, 0.4) is 0 Å². The highest BCUT2D eigenvalue weighted by Crippen LogP contribution is 2.41. The van der Waals surface area contributed by atoms with Crippen LogP contribution in [0.2, 0.25) is 0 Å². The molecule has 0 unspecified atom stereocenters. The van der Waals surface area contributed by atoms with Crippen LogP contribution in [0, 0.1) is 0 Å². The van der Waals surface area contributed by atoms with E-state index >= 15 is 0 Å². The zero-order valence-electron chi connectivity index (χ0n) is 22.7. The summed E-state index contributed by atoms with van der Waals surface area (Å²) in [5.41, 5.74) is 3.39. The summed E-state index contributed by atoms with van der Waals surface area (Å²) in [4.78, 5) is 31.9. The molecule has 1 aliphatic rings. The molecule has 2 N–H and O–H groups in total. The molecule has 5 rings (SSSR count). The molecule has 4 aromatic rings. The highest BCUT2D eigenvalue weighted by atomic mass is 16.5. The lowest BCUT2D eigenvalue weighted by Gasteiger charge is -2.27. The van der Waals surface area contributed by atoms with Gasteiger partial charge in [-0.2, -0.15) is 5.10 Å². The number of nitrogens with zero attached hydrogens (tertiary/aromatic N) is 5. The summed E-state index contributed by atoms with van der Waals surface area (Å²) in [5.74, 6) is 0.821. The predicted molar refractivity (Wildman–Crippen MR) is 147 cm³/mol. The Kier molecular flexibility index (Phi) is 6.77. The maximum absolute atomic E-state index is 12.9. The van der Waals surface area contributed by atoms with Crippen LogP contribution in [0.5, 0.6) is 5.75 Å². The lowest BCUT2D eigenvalue weighted by Crippen LogP contribution is -2.40. The summed E-state index contributed by atoms with van der Waals surface area (Å²) in [6, 6.07) is 6.90. The third-order valence-corrected chi connectivity index (χ3v) is 6.78. The number of methoxy groups -OCH3 is 1. The minimum atomic E-state index is -1.10. The molecule has 0 atom stereocenters. The van der Waals surface area contributed by atoms with Gasteiger partial charge in [-0.3, -0.25) is 9.48 Å². The number of hydrogen-bond acceptors (Lipinski definition) is 7. The Labute approximate surface area is 226 Å². The van der Waals surface area contributed by atoms with E-state index in [-0.39, 0.29) is 11.3 Å². The van der Waals surface area contributed by atoms with Gasteiger partial charge in [-0.15, -0.1) is 0 Å². The molecule has 1 fully saturated rings. The molecule has 0 radical (unpaired) electrons. The van der Waals surface area contributed by atoms with Gasteiger partial charge < -0.3 is 24.8 Å². The number of anilines is 2. The van der Waals surface area contributed by atoms with Crippen molar-refractivity contribution >= 4 is 34.4 Å². The number of rotatable bonds is 5. The van der Waals surface area contributed by atoms with Gasteiger partial charge >= 0.3 is 6.09 Å².